The monoisotopic (exact) mass is 308 g/mol. The minimum Gasteiger partial charge on any atom is -0.508 e. The zero-order valence-electron chi connectivity index (χ0n) is 8.66. The molecule has 0 bridgehead atoms. The number of phenols is 1. The second kappa shape index (κ2) is 9.12. The Bertz CT molecular complexity index is 221. The third-order valence-electron chi connectivity index (χ3n) is 1.31. The van der Waals surface area contributed by atoms with Gasteiger partial charge in [0.05, 0.1) is 6.61 Å². The quantitative estimate of drug-likeness (QED) is 0.682. The highest BCUT2D eigenvalue weighted by Crippen LogP contribution is 2.15. The Morgan fingerprint density at radius 2 is 1.71 bits per heavy atom. The normalized spacial score (nSPS) is 8.79. The predicted octanol–water partition coefficient (Wildman–Crippen LogP) is 3.62. The van der Waals surface area contributed by atoms with Crippen LogP contribution < -0.4 is 4.74 Å². The summed E-state index contributed by atoms with van der Waals surface area (Å²) in [5, 5.41) is 8.93. The minimum absolute atomic E-state index is 0.272. The zero-order chi connectivity index (χ0) is 10.8. The molecular formula is C11H17IO2. The number of hydrogen-bond donors (Lipinski definition) is 1. The molecule has 0 unspecified atom stereocenters. The summed E-state index contributed by atoms with van der Waals surface area (Å²) in [5.74, 6) is 1.08. The molecular weight excluding hydrogens is 291 g/mol. The Morgan fingerprint density at radius 1 is 1.21 bits per heavy atom. The molecule has 14 heavy (non-hydrogen) atoms. The molecule has 0 saturated carbocycles. The van der Waals surface area contributed by atoms with Gasteiger partial charge in [-0.1, -0.05) is 36.4 Å². The molecule has 0 spiro atoms. The predicted molar refractivity (Wildman–Crippen MR) is 68.5 cm³/mol. The first-order chi connectivity index (χ1) is 6.74. The molecule has 0 aliphatic carbocycles. The van der Waals surface area contributed by atoms with Gasteiger partial charge in [-0.05, 0) is 35.1 Å². The van der Waals surface area contributed by atoms with Crippen LogP contribution in [0.15, 0.2) is 24.3 Å². The Kier molecular flexibility index (Phi) is 8.83. The molecule has 0 atom stereocenters. The van der Waals surface area contributed by atoms with Crippen molar-refractivity contribution in [3.8, 4) is 11.5 Å². The van der Waals surface area contributed by atoms with Gasteiger partial charge in [0.2, 0.25) is 0 Å². The Balaban J connectivity index is 0.000000500. The van der Waals surface area contributed by atoms with Gasteiger partial charge in [-0.3, -0.25) is 0 Å². The van der Waals surface area contributed by atoms with E-state index in [1.54, 1.807) is 24.3 Å². The fourth-order valence-corrected chi connectivity index (χ4v) is 0.762. The maximum Gasteiger partial charge on any atom is 0.119 e. The number of ether oxygens (including phenoxy) is 1. The average molecular weight is 308 g/mol. The van der Waals surface area contributed by atoms with Gasteiger partial charge < -0.3 is 9.84 Å². The summed E-state index contributed by atoms with van der Waals surface area (Å²) in [6.07, 6.45) is 1.00. The third-order valence-corrected chi connectivity index (χ3v) is 1.31. The summed E-state index contributed by atoms with van der Waals surface area (Å²) in [6, 6.07) is 6.74. The van der Waals surface area contributed by atoms with Crippen LogP contribution in [0.3, 0.4) is 0 Å². The number of hydrogen-bond acceptors (Lipinski definition) is 2. The van der Waals surface area contributed by atoms with Gasteiger partial charge in [0.25, 0.3) is 0 Å². The van der Waals surface area contributed by atoms with Crippen molar-refractivity contribution >= 4 is 22.6 Å². The van der Waals surface area contributed by atoms with Crippen LogP contribution in [-0.4, -0.2) is 16.1 Å². The standard InChI is InChI=1S/C9H12O2.C2H5I/c1-2-7-11-9-5-3-8(10)4-6-9;1-2-3/h3-6,10H,2,7H2,1H3;2H2,1H3. The van der Waals surface area contributed by atoms with Gasteiger partial charge in [0, 0.05) is 0 Å². The van der Waals surface area contributed by atoms with E-state index in [2.05, 4.69) is 36.4 Å². The number of benzene rings is 1. The van der Waals surface area contributed by atoms with E-state index in [1.165, 1.54) is 4.43 Å². The molecule has 0 radical (unpaired) electrons. The summed E-state index contributed by atoms with van der Waals surface area (Å²) < 4.78 is 6.52. The molecule has 0 aliphatic heterocycles. The van der Waals surface area contributed by atoms with E-state index in [0.29, 0.717) is 0 Å². The Labute approximate surface area is 99.4 Å². The molecule has 1 rings (SSSR count). The number of alkyl halides is 1. The van der Waals surface area contributed by atoms with Crippen LogP contribution in [0.1, 0.15) is 20.3 Å². The summed E-state index contributed by atoms with van der Waals surface area (Å²) in [4.78, 5) is 0. The Morgan fingerprint density at radius 3 is 2.14 bits per heavy atom. The van der Waals surface area contributed by atoms with Crippen LogP contribution >= 0.6 is 22.6 Å². The first-order valence-corrected chi connectivity index (χ1v) is 6.24. The van der Waals surface area contributed by atoms with Crippen molar-refractivity contribution in [2.45, 2.75) is 20.3 Å². The van der Waals surface area contributed by atoms with Crippen molar-refractivity contribution in [2.75, 3.05) is 11.0 Å². The van der Waals surface area contributed by atoms with Gasteiger partial charge in [-0.15, -0.1) is 0 Å². The highest BCUT2D eigenvalue weighted by Gasteiger charge is 1.91. The highest BCUT2D eigenvalue weighted by molar-refractivity contribution is 14.1. The van der Waals surface area contributed by atoms with Crippen LogP contribution in [0, 0.1) is 0 Å². The largest absolute Gasteiger partial charge is 0.508 e. The Hall–Kier alpha value is -0.450. The van der Waals surface area contributed by atoms with Crippen LogP contribution in [0.4, 0.5) is 0 Å². The van der Waals surface area contributed by atoms with Crippen molar-refractivity contribution in [3.05, 3.63) is 24.3 Å². The number of rotatable bonds is 3. The average Bonchev–Trinajstić information content (AvgIpc) is 2.18. The number of aromatic hydroxyl groups is 1. The summed E-state index contributed by atoms with van der Waals surface area (Å²) in [5.41, 5.74) is 0. The van der Waals surface area contributed by atoms with Gasteiger partial charge >= 0.3 is 0 Å². The van der Waals surface area contributed by atoms with Crippen LogP contribution in [0.25, 0.3) is 0 Å². The molecule has 0 fully saturated rings. The van der Waals surface area contributed by atoms with E-state index >= 15 is 0 Å². The van der Waals surface area contributed by atoms with Crippen LogP contribution in [0.2, 0.25) is 0 Å². The van der Waals surface area contributed by atoms with Gasteiger partial charge in [-0.2, -0.15) is 0 Å². The lowest BCUT2D eigenvalue weighted by Gasteiger charge is -2.02. The van der Waals surface area contributed by atoms with Crippen LogP contribution in [0.5, 0.6) is 11.5 Å². The minimum atomic E-state index is 0.272. The fraction of sp³-hybridized carbons (Fsp3) is 0.455. The summed E-state index contributed by atoms with van der Waals surface area (Å²) >= 11 is 2.29. The van der Waals surface area contributed by atoms with E-state index in [0.717, 1.165) is 18.8 Å². The lowest BCUT2D eigenvalue weighted by Crippen LogP contribution is -1.93. The van der Waals surface area contributed by atoms with Crippen molar-refractivity contribution < 1.29 is 9.84 Å². The van der Waals surface area contributed by atoms with E-state index in [9.17, 15) is 0 Å². The van der Waals surface area contributed by atoms with Crippen molar-refractivity contribution in [3.63, 3.8) is 0 Å². The molecule has 0 aromatic heterocycles. The topological polar surface area (TPSA) is 29.5 Å². The first kappa shape index (κ1) is 13.5. The van der Waals surface area contributed by atoms with Gasteiger partial charge in [0.1, 0.15) is 11.5 Å². The fourth-order valence-electron chi connectivity index (χ4n) is 0.762. The SMILES string of the molecule is CCCOc1ccc(O)cc1.CCI. The molecule has 0 heterocycles. The molecule has 1 aromatic carbocycles. The number of phenolic OH excluding ortho intramolecular Hbond substituents is 1. The second-order valence-corrected chi connectivity index (χ2v) is 4.14. The second-order valence-electron chi connectivity index (χ2n) is 2.61. The van der Waals surface area contributed by atoms with E-state index < -0.39 is 0 Å². The zero-order valence-corrected chi connectivity index (χ0v) is 10.8. The summed E-state index contributed by atoms with van der Waals surface area (Å²) in [6.45, 7) is 4.89. The first-order valence-electron chi connectivity index (χ1n) is 4.72. The molecule has 1 aromatic rings. The lowest BCUT2D eigenvalue weighted by atomic mass is 10.3. The molecule has 3 heteroatoms. The maximum atomic E-state index is 8.93. The maximum absolute atomic E-state index is 8.93. The smallest absolute Gasteiger partial charge is 0.119 e. The van der Waals surface area contributed by atoms with Gasteiger partial charge in [0.15, 0.2) is 0 Å². The molecule has 2 nitrogen and oxygen atoms in total. The van der Waals surface area contributed by atoms with Crippen LogP contribution in [-0.2, 0) is 0 Å². The summed E-state index contributed by atoms with van der Waals surface area (Å²) in [7, 11) is 0. The highest BCUT2D eigenvalue weighted by atomic mass is 127. The van der Waals surface area contributed by atoms with Crippen molar-refractivity contribution in [2.24, 2.45) is 0 Å². The third kappa shape index (κ3) is 7.00. The molecule has 1 N–H and O–H groups in total. The molecule has 80 valence electrons. The molecule has 0 amide bonds. The molecule has 0 aliphatic rings. The lowest BCUT2D eigenvalue weighted by molar-refractivity contribution is 0.317. The van der Waals surface area contributed by atoms with E-state index in [-0.39, 0.29) is 5.75 Å². The van der Waals surface area contributed by atoms with Crippen molar-refractivity contribution in [1.82, 2.24) is 0 Å². The van der Waals surface area contributed by atoms with E-state index in [1.807, 2.05) is 0 Å². The molecule has 0 saturated heterocycles. The van der Waals surface area contributed by atoms with Gasteiger partial charge in [-0.25, -0.2) is 0 Å². The number of halogens is 1. The van der Waals surface area contributed by atoms with E-state index in [4.69, 9.17) is 9.84 Å². The van der Waals surface area contributed by atoms with Crippen molar-refractivity contribution in [1.29, 1.82) is 0 Å².